The van der Waals surface area contributed by atoms with E-state index in [1.807, 2.05) is 6.08 Å². The van der Waals surface area contributed by atoms with Crippen molar-refractivity contribution in [3.8, 4) is 0 Å². The van der Waals surface area contributed by atoms with Gasteiger partial charge in [0.2, 0.25) is 17.7 Å². The highest BCUT2D eigenvalue weighted by atomic mass is 33.1. The molecule has 0 saturated carbocycles. The molecule has 0 radical (unpaired) electrons. The number of Topliss-reactive ketones (excluding diaryl/α,β-unsaturated/α-hetero) is 1. The molecule has 9 nitrogen and oxygen atoms in total. The molecule has 35 heavy (non-hydrogen) atoms. The summed E-state index contributed by atoms with van der Waals surface area (Å²) in [4.78, 5) is 65.1. The molecule has 1 fully saturated rings. The van der Waals surface area contributed by atoms with Crippen LogP contribution in [-0.4, -0.2) is 58.8 Å². The molecule has 3 N–H and O–H groups in total. The molecule has 0 aromatic heterocycles. The van der Waals surface area contributed by atoms with E-state index in [1.54, 1.807) is 40.7 Å². The third kappa shape index (κ3) is 8.71. The van der Waals surface area contributed by atoms with Crippen LogP contribution in [0.2, 0.25) is 0 Å². The summed E-state index contributed by atoms with van der Waals surface area (Å²) in [6.07, 6.45) is 4.36. The molecule has 3 aliphatic rings. The normalized spacial score (nSPS) is 30.0. The summed E-state index contributed by atoms with van der Waals surface area (Å²) in [6.45, 7) is 8.76. The van der Waals surface area contributed by atoms with E-state index >= 15 is 0 Å². The lowest BCUT2D eigenvalue weighted by Crippen LogP contribution is -2.53. The molecule has 2 bridgehead atoms. The van der Waals surface area contributed by atoms with Gasteiger partial charge in [-0.1, -0.05) is 61.4 Å². The minimum atomic E-state index is -0.962. The van der Waals surface area contributed by atoms with Gasteiger partial charge in [0, 0.05) is 17.7 Å². The van der Waals surface area contributed by atoms with E-state index in [1.165, 1.54) is 27.7 Å². The molecule has 0 spiro atoms. The fourth-order valence-corrected chi connectivity index (χ4v) is 5.78. The third-order valence-electron chi connectivity index (χ3n) is 5.58. The summed E-state index contributed by atoms with van der Waals surface area (Å²) >= 11 is 0. The Morgan fingerprint density at radius 1 is 1.00 bits per heavy atom. The Hall–Kier alpha value is -2.27. The molecular formula is C24H35N3O6S2. The maximum Gasteiger partial charge on any atom is 0.329 e. The van der Waals surface area contributed by atoms with Crippen LogP contribution in [0.1, 0.15) is 53.9 Å². The second-order valence-corrected chi connectivity index (χ2v) is 11.7. The standard InChI is InChI=1S/C24H35N3O6S2/c1-6-15-11-17(28)23-27-22(31)19(13(2)3)25-18(29)12-16(9-7-8-10-34-35-23)33-24(32)20(14(4)5)26-21(15)30/h6-7,9,13-14,16,19-20,23H,8,10-12H2,1-5H3,(H,25,29)(H,26,30)(H,27,31)/b9-7-,15-6-/t16-,19-,20+,23-/m1/s1. The van der Waals surface area contributed by atoms with Crippen LogP contribution in [0.25, 0.3) is 0 Å². The fraction of sp³-hybridized carbons (Fsp3) is 0.625. The van der Waals surface area contributed by atoms with Crippen molar-refractivity contribution < 1.29 is 28.7 Å². The Morgan fingerprint density at radius 3 is 2.31 bits per heavy atom. The zero-order valence-electron chi connectivity index (χ0n) is 20.8. The van der Waals surface area contributed by atoms with Crippen molar-refractivity contribution >= 4 is 51.1 Å². The predicted octanol–water partition coefficient (Wildman–Crippen LogP) is 2.27. The minimum absolute atomic E-state index is 0.179. The van der Waals surface area contributed by atoms with Gasteiger partial charge < -0.3 is 20.7 Å². The van der Waals surface area contributed by atoms with E-state index in [4.69, 9.17) is 4.74 Å². The van der Waals surface area contributed by atoms with E-state index in [0.717, 1.165) is 0 Å². The van der Waals surface area contributed by atoms with Crippen LogP contribution >= 0.6 is 21.6 Å². The highest BCUT2D eigenvalue weighted by molar-refractivity contribution is 8.77. The molecule has 3 amide bonds. The third-order valence-corrected chi connectivity index (χ3v) is 8.18. The molecule has 3 heterocycles. The van der Waals surface area contributed by atoms with Gasteiger partial charge in [-0.2, -0.15) is 0 Å². The van der Waals surface area contributed by atoms with Gasteiger partial charge in [-0.3, -0.25) is 19.2 Å². The number of fused-ring (bicyclic) bond motifs is 16. The zero-order valence-corrected chi connectivity index (χ0v) is 22.4. The van der Waals surface area contributed by atoms with Crippen molar-refractivity contribution in [2.75, 3.05) is 5.75 Å². The van der Waals surface area contributed by atoms with Gasteiger partial charge in [-0.15, -0.1) is 0 Å². The number of nitrogens with one attached hydrogen (secondary N) is 3. The van der Waals surface area contributed by atoms with Crippen LogP contribution in [0, 0.1) is 11.8 Å². The van der Waals surface area contributed by atoms with Crippen molar-refractivity contribution in [2.45, 2.75) is 77.4 Å². The summed E-state index contributed by atoms with van der Waals surface area (Å²) in [5.41, 5.74) is 0.197. The van der Waals surface area contributed by atoms with Crippen molar-refractivity contribution in [3.05, 3.63) is 23.8 Å². The lowest BCUT2D eigenvalue weighted by molar-refractivity contribution is -0.153. The monoisotopic (exact) mass is 525 g/mol. The number of carbonyl (C=O) groups is 5. The van der Waals surface area contributed by atoms with Gasteiger partial charge in [0.25, 0.3) is 0 Å². The first-order valence-electron chi connectivity index (χ1n) is 11.8. The minimum Gasteiger partial charge on any atom is -0.456 e. The van der Waals surface area contributed by atoms with Crippen LogP contribution in [0.15, 0.2) is 23.8 Å². The number of hydrogen-bond acceptors (Lipinski definition) is 8. The van der Waals surface area contributed by atoms with Gasteiger partial charge in [-0.25, -0.2) is 4.79 Å². The Labute approximate surface area is 214 Å². The number of ketones is 1. The lowest BCUT2D eigenvalue weighted by Gasteiger charge is -2.27. The van der Waals surface area contributed by atoms with E-state index < -0.39 is 47.3 Å². The van der Waals surface area contributed by atoms with Gasteiger partial charge in [0.1, 0.15) is 23.6 Å². The number of esters is 1. The Morgan fingerprint density at radius 2 is 1.69 bits per heavy atom. The van der Waals surface area contributed by atoms with Gasteiger partial charge >= 0.3 is 5.97 Å². The first-order chi connectivity index (χ1) is 16.5. The number of rotatable bonds is 2. The Bertz CT molecular complexity index is 886. The number of hydrogen-bond donors (Lipinski definition) is 3. The molecule has 0 unspecified atom stereocenters. The first-order valence-corrected chi connectivity index (χ1v) is 14.2. The van der Waals surface area contributed by atoms with E-state index in [9.17, 15) is 24.0 Å². The molecular weight excluding hydrogens is 490 g/mol. The maximum absolute atomic E-state index is 13.2. The molecule has 0 aromatic rings. The van der Waals surface area contributed by atoms with E-state index in [2.05, 4.69) is 16.0 Å². The van der Waals surface area contributed by atoms with Crippen molar-refractivity contribution in [1.29, 1.82) is 0 Å². The molecule has 3 aliphatic heterocycles. The number of ether oxygens (including phenoxy) is 1. The average molecular weight is 526 g/mol. The average Bonchev–Trinajstić information content (AvgIpc) is 2.78. The van der Waals surface area contributed by atoms with E-state index in [-0.39, 0.29) is 36.0 Å². The van der Waals surface area contributed by atoms with Crippen molar-refractivity contribution in [1.82, 2.24) is 16.0 Å². The summed E-state index contributed by atoms with van der Waals surface area (Å²) in [7, 11) is 2.64. The zero-order chi connectivity index (χ0) is 26.1. The molecule has 0 aromatic carbocycles. The van der Waals surface area contributed by atoms with E-state index in [0.29, 0.717) is 12.2 Å². The second kappa shape index (κ2) is 13.7. The molecule has 11 heteroatoms. The number of amides is 3. The number of allylic oxidation sites excluding steroid dienone is 2. The van der Waals surface area contributed by atoms with Crippen LogP contribution in [0.5, 0.6) is 0 Å². The fourth-order valence-electron chi connectivity index (χ4n) is 3.50. The number of carbonyl (C=O) groups excluding carboxylic acids is 5. The molecule has 194 valence electrons. The molecule has 4 atom stereocenters. The van der Waals surface area contributed by atoms with Gasteiger partial charge in [-0.05, 0) is 31.3 Å². The predicted molar refractivity (Wildman–Crippen MR) is 137 cm³/mol. The summed E-state index contributed by atoms with van der Waals surface area (Å²) in [5.74, 6) is -2.44. The topological polar surface area (TPSA) is 131 Å². The van der Waals surface area contributed by atoms with Gasteiger partial charge in [0.05, 0.1) is 6.42 Å². The lowest BCUT2D eigenvalue weighted by atomic mass is 10.0. The summed E-state index contributed by atoms with van der Waals surface area (Å²) < 4.78 is 5.65. The summed E-state index contributed by atoms with van der Waals surface area (Å²) in [5, 5.41) is 7.25. The summed E-state index contributed by atoms with van der Waals surface area (Å²) in [6, 6.07) is -1.84. The second-order valence-electron chi connectivity index (χ2n) is 9.14. The Balaban J connectivity index is 2.55. The molecule has 1 saturated heterocycles. The largest absolute Gasteiger partial charge is 0.456 e. The maximum atomic E-state index is 13.2. The van der Waals surface area contributed by atoms with Crippen molar-refractivity contribution in [3.63, 3.8) is 0 Å². The highest BCUT2D eigenvalue weighted by Crippen LogP contribution is 2.29. The van der Waals surface area contributed by atoms with Crippen LogP contribution in [0.3, 0.4) is 0 Å². The molecule has 0 aliphatic carbocycles. The molecule has 3 rings (SSSR count). The quantitative estimate of drug-likeness (QED) is 0.217. The van der Waals surface area contributed by atoms with Crippen LogP contribution in [-0.2, 0) is 28.7 Å². The van der Waals surface area contributed by atoms with Crippen molar-refractivity contribution in [2.24, 2.45) is 11.8 Å². The van der Waals surface area contributed by atoms with Crippen LogP contribution in [0.4, 0.5) is 0 Å². The van der Waals surface area contributed by atoms with Crippen LogP contribution < -0.4 is 16.0 Å². The van der Waals surface area contributed by atoms with Gasteiger partial charge in [0.15, 0.2) is 5.78 Å². The first kappa shape index (κ1) is 29.0. The Kier molecular flexibility index (Phi) is 11.4. The smallest absolute Gasteiger partial charge is 0.329 e. The highest BCUT2D eigenvalue weighted by Gasteiger charge is 2.33. The SMILES string of the molecule is C/C=C1/CC(=O)[C@@H]2NC(=O)[C@@H](C(C)C)NC(=O)C[C@@H](/C=C\CCSS2)OC(=O)[C@H](C(C)C)NC1=O.